The second kappa shape index (κ2) is 11.6. The minimum absolute atomic E-state index is 0.0858. The Morgan fingerprint density at radius 3 is 2.41 bits per heavy atom. The number of aryl methyl sites for hydroxylation is 1. The summed E-state index contributed by atoms with van der Waals surface area (Å²) in [4.78, 5) is 0. The van der Waals surface area contributed by atoms with Gasteiger partial charge in [-0.3, -0.25) is 0 Å². The Balaban J connectivity index is 1.98. The Hall–Kier alpha value is -1.50. The van der Waals surface area contributed by atoms with Crippen molar-refractivity contribution in [3.05, 3.63) is 23.8 Å². The molecule has 10 nitrogen and oxygen atoms in total. The van der Waals surface area contributed by atoms with Gasteiger partial charge in [0.25, 0.3) is 0 Å². The van der Waals surface area contributed by atoms with Crippen molar-refractivity contribution in [2.45, 2.75) is 49.7 Å². The van der Waals surface area contributed by atoms with Crippen LogP contribution in [-0.2, 0) is 15.9 Å². The first kappa shape index (κ1) is 23.8. The number of ether oxygens (including phenoxy) is 4. The van der Waals surface area contributed by atoms with E-state index in [4.69, 9.17) is 24.1 Å². The van der Waals surface area contributed by atoms with Crippen molar-refractivity contribution in [2.75, 3.05) is 33.5 Å². The average Bonchev–Trinajstić information content (AvgIpc) is 2.75. The number of hydrogen-bond donors (Lipinski definition) is 6. The largest absolute Gasteiger partial charge is 0.493 e. The van der Waals surface area contributed by atoms with Gasteiger partial charge in [-0.15, -0.1) is 0 Å². The van der Waals surface area contributed by atoms with Gasteiger partial charge < -0.3 is 49.6 Å². The maximum Gasteiger partial charge on any atom is 0.186 e. The first-order chi connectivity index (χ1) is 13.9. The maximum absolute atomic E-state index is 10.00. The molecule has 6 N–H and O–H groups in total. The van der Waals surface area contributed by atoms with E-state index in [0.717, 1.165) is 5.56 Å². The molecular weight excluding hydrogens is 388 g/mol. The lowest BCUT2D eigenvalue weighted by Crippen LogP contribution is -2.59. The van der Waals surface area contributed by atoms with Crippen molar-refractivity contribution in [3.8, 4) is 11.5 Å². The number of aliphatic hydroxyl groups excluding tert-OH is 6. The van der Waals surface area contributed by atoms with E-state index < -0.39 is 50.0 Å². The zero-order valence-corrected chi connectivity index (χ0v) is 16.3. The molecule has 166 valence electrons. The van der Waals surface area contributed by atoms with Crippen LogP contribution in [0.15, 0.2) is 18.2 Å². The third-order valence-electron chi connectivity index (χ3n) is 4.64. The third kappa shape index (κ3) is 6.24. The molecule has 1 aromatic rings. The van der Waals surface area contributed by atoms with Crippen LogP contribution in [0, 0.1) is 0 Å². The highest BCUT2D eigenvalue weighted by Crippen LogP contribution is 2.30. The molecule has 0 saturated carbocycles. The third-order valence-corrected chi connectivity index (χ3v) is 4.64. The zero-order valence-electron chi connectivity index (χ0n) is 16.3. The van der Waals surface area contributed by atoms with Gasteiger partial charge in [-0.25, -0.2) is 0 Å². The summed E-state index contributed by atoms with van der Waals surface area (Å²) in [5.74, 6) is 0.823. The molecule has 1 saturated heterocycles. The molecule has 0 radical (unpaired) electrons. The smallest absolute Gasteiger partial charge is 0.186 e. The Morgan fingerprint density at radius 1 is 1.03 bits per heavy atom. The fourth-order valence-corrected chi connectivity index (χ4v) is 2.96. The highest BCUT2D eigenvalue weighted by Gasteiger charge is 2.44. The molecule has 0 bridgehead atoms. The highest BCUT2D eigenvalue weighted by atomic mass is 16.7. The fourth-order valence-electron chi connectivity index (χ4n) is 2.96. The van der Waals surface area contributed by atoms with Crippen molar-refractivity contribution < 1.29 is 49.6 Å². The summed E-state index contributed by atoms with van der Waals surface area (Å²) in [7, 11) is 1.48. The van der Waals surface area contributed by atoms with E-state index in [1.807, 2.05) is 6.07 Å². The lowest BCUT2D eigenvalue weighted by molar-refractivity contribution is -0.304. The molecule has 2 rings (SSSR count). The quantitative estimate of drug-likeness (QED) is 0.242. The van der Waals surface area contributed by atoms with Crippen LogP contribution < -0.4 is 9.47 Å². The minimum atomic E-state index is -1.55. The number of aliphatic hydroxyl groups is 6. The van der Waals surface area contributed by atoms with Crippen molar-refractivity contribution >= 4 is 0 Å². The van der Waals surface area contributed by atoms with Gasteiger partial charge in [-0.2, -0.15) is 0 Å². The lowest BCUT2D eigenvalue weighted by atomic mass is 9.99. The van der Waals surface area contributed by atoms with E-state index in [2.05, 4.69) is 0 Å². The zero-order chi connectivity index (χ0) is 21.4. The summed E-state index contributed by atoms with van der Waals surface area (Å²) in [6, 6.07) is 5.28. The lowest BCUT2D eigenvalue weighted by Gasteiger charge is -2.39. The molecule has 1 heterocycles. The molecular formula is C19H30O10. The second-order valence-electron chi connectivity index (χ2n) is 6.77. The summed E-state index contributed by atoms with van der Waals surface area (Å²) in [5, 5.41) is 57.3. The van der Waals surface area contributed by atoms with Crippen LogP contribution in [0.3, 0.4) is 0 Å². The summed E-state index contributed by atoms with van der Waals surface area (Å²) in [5.41, 5.74) is 0.960. The van der Waals surface area contributed by atoms with Gasteiger partial charge in [0, 0.05) is 6.61 Å². The Kier molecular flexibility index (Phi) is 9.53. The van der Waals surface area contributed by atoms with Crippen molar-refractivity contribution in [1.82, 2.24) is 0 Å². The molecule has 0 aromatic heterocycles. The van der Waals surface area contributed by atoms with Crippen LogP contribution in [0.25, 0.3) is 0 Å². The van der Waals surface area contributed by atoms with Crippen LogP contribution >= 0.6 is 0 Å². The maximum atomic E-state index is 10.00. The standard InChI is InChI=1S/C19H30O10/c1-26-14-7-11(3-2-6-20)4-5-13(14)28-12(8-21)10-27-19-18(25)17(24)16(23)15(9-22)29-19/h4-5,7,12,15-25H,2-3,6,8-10H2,1H3. The summed E-state index contributed by atoms with van der Waals surface area (Å²) in [6.45, 7) is -1.09. The van der Waals surface area contributed by atoms with Crippen LogP contribution in [0.5, 0.6) is 11.5 Å². The number of benzene rings is 1. The molecule has 29 heavy (non-hydrogen) atoms. The molecule has 0 amide bonds. The molecule has 1 aromatic carbocycles. The fraction of sp³-hybridized carbons (Fsp3) is 0.684. The monoisotopic (exact) mass is 418 g/mol. The van der Waals surface area contributed by atoms with E-state index in [-0.39, 0.29) is 13.2 Å². The van der Waals surface area contributed by atoms with E-state index >= 15 is 0 Å². The van der Waals surface area contributed by atoms with Crippen LogP contribution in [0.2, 0.25) is 0 Å². The van der Waals surface area contributed by atoms with Crippen LogP contribution in [0.4, 0.5) is 0 Å². The average molecular weight is 418 g/mol. The van der Waals surface area contributed by atoms with Gasteiger partial charge in [0.05, 0.1) is 26.9 Å². The molecule has 0 aliphatic carbocycles. The van der Waals surface area contributed by atoms with Crippen molar-refractivity contribution in [2.24, 2.45) is 0 Å². The minimum Gasteiger partial charge on any atom is -0.493 e. The molecule has 1 aliphatic heterocycles. The van der Waals surface area contributed by atoms with E-state index in [1.54, 1.807) is 12.1 Å². The van der Waals surface area contributed by atoms with E-state index in [9.17, 15) is 25.5 Å². The predicted molar refractivity (Wildman–Crippen MR) is 99.6 cm³/mol. The molecule has 6 atom stereocenters. The summed E-state index contributed by atoms with van der Waals surface area (Å²) in [6.07, 6.45) is -6.50. The molecule has 1 aliphatic rings. The molecule has 6 unspecified atom stereocenters. The van der Waals surface area contributed by atoms with Gasteiger partial charge in [-0.1, -0.05) is 6.07 Å². The van der Waals surface area contributed by atoms with Crippen molar-refractivity contribution in [3.63, 3.8) is 0 Å². The highest BCUT2D eigenvalue weighted by molar-refractivity contribution is 5.43. The van der Waals surface area contributed by atoms with E-state index in [1.165, 1.54) is 7.11 Å². The SMILES string of the molecule is COc1cc(CCCO)ccc1OC(CO)COC1OC(CO)C(O)C(O)C1O. The van der Waals surface area contributed by atoms with Crippen LogP contribution in [-0.4, -0.2) is 101 Å². The number of rotatable bonds is 11. The van der Waals surface area contributed by atoms with Gasteiger partial charge in [0.2, 0.25) is 0 Å². The predicted octanol–water partition coefficient (Wildman–Crippen LogP) is -1.82. The Labute approximate surface area is 168 Å². The Bertz CT molecular complexity index is 611. The normalized spacial score (nSPS) is 28.2. The summed E-state index contributed by atoms with van der Waals surface area (Å²) >= 11 is 0. The topological polar surface area (TPSA) is 158 Å². The van der Waals surface area contributed by atoms with E-state index in [0.29, 0.717) is 24.3 Å². The van der Waals surface area contributed by atoms with Gasteiger partial charge >= 0.3 is 0 Å². The molecule has 0 spiro atoms. The second-order valence-corrected chi connectivity index (χ2v) is 6.77. The summed E-state index contributed by atoms with van der Waals surface area (Å²) < 4.78 is 21.7. The molecule has 1 fully saturated rings. The number of hydrogen-bond acceptors (Lipinski definition) is 10. The van der Waals surface area contributed by atoms with Crippen molar-refractivity contribution in [1.29, 1.82) is 0 Å². The first-order valence-electron chi connectivity index (χ1n) is 9.42. The van der Waals surface area contributed by atoms with Gasteiger partial charge in [0.15, 0.2) is 17.8 Å². The van der Waals surface area contributed by atoms with Gasteiger partial charge in [0.1, 0.15) is 30.5 Å². The molecule has 10 heteroatoms. The Morgan fingerprint density at radius 2 is 1.79 bits per heavy atom. The van der Waals surface area contributed by atoms with Gasteiger partial charge in [-0.05, 0) is 30.5 Å². The number of methoxy groups -OCH3 is 1. The van der Waals surface area contributed by atoms with Crippen LogP contribution in [0.1, 0.15) is 12.0 Å². The first-order valence-corrected chi connectivity index (χ1v) is 9.42.